The molecular weight excluding hydrogens is 137 g/mol. The zero-order valence-corrected chi connectivity index (χ0v) is 3.43. The Morgan fingerprint density at radius 1 is 1.50 bits per heavy atom. The minimum atomic E-state index is -0.648. The number of hydrogen-bond donors (Lipinski definition) is 1. The van der Waals surface area contributed by atoms with Gasteiger partial charge < -0.3 is 10.1 Å². The molecule has 1 rings (SSSR count). The summed E-state index contributed by atoms with van der Waals surface area (Å²) >= 11 is 0. The van der Waals surface area contributed by atoms with Crippen LogP contribution in [-0.4, -0.2) is 70.0 Å². The minimum absolute atomic E-state index is 0. The van der Waals surface area contributed by atoms with Crippen molar-refractivity contribution in [3.8, 4) is 0 Å². The maximum atomic E-state index is 9.95. The SMILES string of the molecule is O=C1CNC(=O)O1.[KH]. The van der Waals surface area contributed by atoms with E-state index in [1.54, 1.807) is 0 Å². The van der Waals surface area contributed by atoms with Crippen LogP contribution in [0.15, 0.2) is 0 Å². The molecular formula is C3H4KNO3. The van der Waals surface area contributed by atoms with E-state index in [0.717, 1.165) is 0 Å². The number of carbonyl (C=O) groups excluding carboxylic acids is 2. The molecule has 1 amide bonds. The molecule has 8 heavy (non-hydrogen) atoms. The standard InChI is InChI=1S/C3H3NO3.K.H/c5-2-1-4-3(6)7-2;;/h1H2,(H,4,6);;. The molecule has 4 nitrogen and oxygen atoms in total. The first-order chi connectivity index (χ1) is 3.29. The summed E-state index contributed by atoms with van der Waals surface area (Å²) in [6, 6.07) is 0. The van der Waals surface area contributed by atoms with Gasteiger partial charge in [-0.15, -0.1) is 0 Å². The summed E-state index contributed by atoms with van der Waals surface area (Å²) in [6.45, 7) is 0.0127. The van der Waals surface area contributed by atoms with Gasteiger partial charge in [-0.2, -0.15) is 0 Å². The number of nitrogens with one attached hydrogen (secondary N) is 1. The van der Waals surface area contributed by atoms with Crippen LogP contribution >= 0.6 is 0 Å². The van der Waals surface area contributed by atoms with Gasteiger partial charge in [0.15, 0.2) is 0 Å². The average molecular weight is 141 g/mol. The molecule has 0 atom stereocenters. The Morgan fingerprint density at radius 3 is 2.25 bits per heavy atom. The summed E-state index contributed by atoms with van der Waals surface area (Å²) in [5.74, 6) is -0.509. The summed E-state index contributed by atoms with van der Waals surface area (Å²) in [4.78, 5) is 19.8. The fourth-order valence-corrected chi connectivity index (χ4v) is 0.320. The molecule has 5 heteroatoms. The second kappa shape index (κ2) is 3.57. The number of amides is 1. The van der Waals surface area contributed by atoms with Gasteiger partial charge in [0.1, 0.15) is 6.54 Å². The van der Waals surface area contributed by atoms with Crippen molar-refractivity contribution in [3.05, 3.63) is 0 Å². The number of alkyl carbamates (subject to hydrolysis) is 1. The third-order valence-electron chi connectivity index (χ3n) is 0.584. The van der Waals surface area contributed by atoms with Crippen molar-refractivity contribution >= 4 is 63.4 Å². The van der Waals surface area contributed by atoms with Gasteiger partial charge in [0, 0.05) is 0 Å². The predicted molar refractivity (Wildman–Crippen MR) is 26.6 cm³/mol. The van der Waals surface area contributed by atoms with Gasteiger partial charge in [-0.3, -0.25) is 0 Å². The van der Waals surface area contributed by atoms with Crippen LogP contribution in [0.25, 0.3) is 0 Å². The molecule has 0 radical (unpaired) electrons. The van der Waals surface area contributed by atoms with Crippen molar-refractivity contribution in [1.82, 2.24) is 5.32 Å². The summed E-state index contributed by atoms with van der Waals surface area (Å²) in [5.41, 5.74) is 0. The van der Waals surface area contributed by atoms with E-state index in [1.165, 1.54) is 0 Å². The van der Waals surface area contributed by atoms with Crippen LogP contribution in [0.4, 0.5) is 4.79 Å². The molecule has 1 N–H and O–H groups in total. The Hall–Kier alpha value is 0.576. The van der Waals surface area contributed by atoms with Gasteiger partial charge in [-0.05, 0) is 0 Å². The van der Waals surface area contributed by atoms with Gasteiger partial charge >= 0.3 is 63.4 Å². The van der Waals surface area contributed by atoms with E-state index in [-0.39, 0.29) is 57.9 Å². The third kappa shape index (κ3) is 2.23. The van der Waals surface area contributed by atoms with Crippen molar-refractivity contribution in [2.45, 2.75) is 0 Å². The molecule has 0 bridgehead atoms. The Bertz CT molecular complexity index is 110. The Kier molecular flexibility index (Phi) is 3.83. The molecule has 1 aliphatic rings. The second-order valence-electron chi connectivity index (χ2n) is 1.12. The van der Waals surface area contributed by atoms with Crippen LogP contribution < -0.4 is 5.32 Å². The number of esters is 1. The van der Waals surface area contributed by atoms with E-state index >= 15 is 0 Å². The van der Waals surface area contributed by atoms with E-state index in [0.29, 0.717) is 0 Å². The Labute approximate surface area is 88.4 Å². The van der Waals surface area contributed by atoms with Gasteiger partial charge in [0.05, 0.1) is 0 Å². The molecule has 1 aliphatic heterocycles. The number of ether oxygens (including phenoxy) is 1. The molecule has 0 aromatic carbocycles. The van der Waals surface area contributed by atoms with Crippen LogP contribution in [0, 0.1) is 0 Å². The van der Waals surface area contributed by atoms with Crippen molar-refractivity contribution in [2.75, 3.05) is 6.54 Å². The van der Waals surface area contributed by atoms with Crippen molar-refractivity contribution in [3.63, 3.8) is 0 Å². The first-order valence-electron chi connectivity index (χ1n) is 1.77. The monoisotopic (exact) mass is 141 g/mol. The Balaban J connectivity index is 0.000000490. The van der Waals surface area contributed by atoms with E-state index in [1.807, 2.05) is 0 Å². The predicted octanol–water partition coefficient (Wildman–Crippen LogP) is -1.40. The van der Waals surface area contributed by atoms with Gasteiger partial charge in [0.2, 0.25) is 0 Å². The fourth-order valence-electron chi connectivity index (χ4n) is 0.320. The van der Waals surface area contributed by atoms with E-state index in [4.69, 9.17) is 0 Å². The molecule has 1 heterocycles. The summed E-state index contributed by atoms with van der Waals surface area (Å²) in [5, 5.41) is 2.16. The van der Waals surface area contributed by atoms with Crippen molar-refractivity contribution in [2.24, 2.45) is 0 Å². The quantitative estimate of drug-likeness (QED) is 0.256. The summed E-state index contributed by atoms with van der Waals surface area (Å²) in [6.07, 6.45) is -0.648. The van der Waals surface area contributed by atoms with E-state index in [9.17, 15) is 9.59 Å². The average Bonchev–Trinajstić information content (AvgIpc) is 1.87. The van der Waals surface area contributed by atoms with E-state index < -0.39 is 12.1 Å². The zero-order valence-electron chi connectivity index (χ0n) is 3.43. The van der Waals surface area contributed by atoms with Crippen molar-refractivity contribution < 1.29 is 14.3 Å². The molecule has 0 unspecified atom stereocenters. The molecule has 1 saturated heterocycles. The van der Waals surface area contributed by atoms with Crippen LogP contribution in [0.5, 0.6) is 0 Å². The normalized spacial score (nSPS) is 16.5. The summed E-state index contributed by atoms with van der Waals surface area (Å²) < 4.78 is 3.97. The van der Waals surface area contributed by atoms with Crippen LogP contribution in [0.1, 0.15) is 0 Å². The topological polar surface area (TPSA) is 55.4 Å². The maximum absolute atomic E-state index is 9.95. The number of rotatable bonds is 0. The van der Waals surface area contributed by atoms with Crippen LogP contribution in [0.2, 0.25) is 0 Å². The van der Waals surface area contributed by atoms with Gasteiger partial charge in [-0.1, -0.05) is 0 Å². The number of hydrogen-bond acceptors (Lipinski definition) is 3. The molecule has 0 aromatic heterocycles. The molecule has 0 saturated carbocycles. The third-order valence-corrected chi connectivity index (χ3v) is 0.584. The Morgan fingerprint density at radius 2 is 2.12 bits per heavy atom. The molecule has 0 aliphatic carbocycles. The van der Waals surface area contributed by atoms with Crippen LogP contribution in [0.3, 0.4) is 0 Å². The number of carbonyl (C=O) groups is 2. The summed E-state index contributed by atoms with van der Waals surface area (Å²) in [7, 11) is 0. The van der Waals surface area contributed by atoms with Crippen molar-refractivity contribution in [1.29, 1.82) is 0 Å². The molecule has 40 valence electrons. The first kappa shape index (κ1) is 8.58. The number of cyclic esters (lactones) is 2. The van der Waals surface area contributed by atoms with Gasteiger partial charge in [0.25, 0.3) is 0 Å². The van der Waals surface area contributed by atoms with Gasteiger partial charge in [-0.25, -0.2) is 9.59 Å². The zero-order chi connectivity index (χ0) is 5.28. The first-order valence-corrected chi connectivity index (χ1v) is 1.77. The van der Waals surface area contributed by atoms with Crippen LogP contribution in [-0.2, 0) is 9.53 Å². The molecule has 0 aromatic rings. The fraction of sp³-hybridized carbons (Fsp3) is 0.333. The molecule has 0 spiro atoms. The molecule has 1 fully saturated rings. The second-order valence-corrected chi connectivity index (χ2v) is 1.12. The van der Waals surface area contributed by atoms with E-state index in [2.05, 4.69) is 10.1 Å².